The molecule has 0 radical (unpaired) electrons. The topological polar surface area (TPSA) is 17.1 Å². The maximum absolute atomic E-state index is 11.7. The molecule has 1 unspecified atom stereocenters. The molecule has 0 aromatic carbocycles. The quantitative estimate of drug-likeness (QED) is 0.693. The highest BCUT2D eigenvalue weighted by atomic mass is 32.2. The average molecular weight is 212 g/mol. The van der Waals surface area contributed by atoms with E-state index in [2.05, 4.69) is 19.9 Å². The number of carbonyl (C=O) groups excluding carboxylic acids is 1. The normalized spacial score (nSPS) is 18.9. The summed E-state index contributed by atoms with van der Waals surface area (Å²) in [7, 11) is 0. The average Bonchev–Trinajstić information content (AvgIpc) is 2.26. The molecule has 0 saturated carbocycles. The molecule has 1 atom stereocenters. The molecule has 0 aromatic heterocycles. The number of ketones is 1. The van der Waals surface area contributed by atoms with Gasteiger partial charge in [0.2, 0.25) is 0 Å². The number of allylic oxidation sites excluding steroid dienone is 2. The van der Waals surface area contributed by atoms with Crippen molar-refractivity contribution in [1.82, 2.24) is 0 Å². The zero-order chi connectivity index (χ0) is 10.4. The van der Waals surface area contributed by atoms with Crippen molar-refractivity contribution in [3.05, 3.63) is 11.6 Å². The number of hydrogen-bond donors (Lipinski definition) is 0. The van der Waals surface area contributed by atoms with Gasteiger partial charge in [0, 0.05) is 5.25 Å². The molecule has 0 saturated heterocycles. The van der Waals surface area contributed by atoms with Crippen molar-refractivity contribution in [1.29, 1.82) is 0 Å². The standard InChI is InChI=1S/C12H20OS/c1-3-10(2)14-9-12(13)11-7-5-4-6-8-11/h7,10H,3-6,8-9H2,1-2H3. The lowest BCUT2D eigenvalue weighted by molar-refractivity contribution is -0.113. The van der Waals surface area contributed by atoms with E-state index in [0.29, 0.717) is 16.8 Å². The molecular formula is C12H20OS. The molecule has 0 N–H and O–H groups in total. The Kier molecular flexibility index (Phi) is 5.31. The van der Waals surface area contributed by atoms with Crippen molar-refractivity contribution in [3.8, 4) is 0 Å². The summed E-state index contributed by atoms with van der Waals surface area (Å²) in [5, 5.41) is 0.614. The zero-order valence-electron chi connectivity index (χ0n) is 9.21. The first-order chi connectivity index (χ1) is 6.74. The molecule has 0 aliphatic heterocycles. The summed E-state index contributed by atoms with van der Waals surface area (Å²) in [4.78, 5) is 11.7. The molecule has 1 nitrogen and oxygen atoms in total. The van der Waals surface area contributed by atoms with Crippen molar-refractivity contribution in [2.24, 2.45) is 0 Å². The fourth-order valence-corrected chi connectivity index (χ4v) is 2.38. The Morgan fingerprint density at radius 1 is 1.57 bits per heavy atom. The Hall–Kier alpha value is -0.240. The minimum atomic E-state index is 0.370. The van der Waals surface area contributed by atoms with Gasteiger partial charge >= 0.3 is 0 Å². The Bertz CT molecular complexity index is 220. The third-order valence-electron chi connectivity index (χ3n) is 2.72. The SMILES string of the molecule is CCC(C)SCC(=O)C1=CCCCC1. The second-order valence-electron chi connectivity index (χ2n) is 3.93. The van der Waals surface area contributed by atoms with Crippen molar-refractivity contribution >= 4 is 17.5 Å². The molecule has 0 bridgehead atoms. The van der Waals surface area contributed by atoms with Crippen LogP contribution in [0.3, 0.4) is 0 Å². The molecule has 1 aliphatic carbocycles. The fraction of sp³-hybridized carbons (Fsp3) is 0.750. The van der Waals surface area contributed by atoms with Crippen LogP contribution >= 0.6 is 11.8 Å². The second kappa shape index (κ2) is 6.28. The minimum absolute atomic E-state index is 0.370. The molecule has 0 spiro atoms. The van der Waals surface area contributed by atoms with Crippen molar-refractivity contribution < 1.29 is 4.79 Å². The number of rotatable bonds is 5. The van der Waals surface area contributed by atoms with E-state index < -0.39 is 0 Å². The van der Waals surface area contributed by atoms with Gasteiger partial charge < -0.3 is 0 Å². The molecule has 14 heavy (non-hydrogen) atoms. The summed E-state index contributed by atoms with van der Waals surface area (Å²) in [5.74, 6) is 1.05. The summed E-state index contributed by atoms with van der Waals surface area (Å²) >= 11 is 1.79. The van der Waals surface area contributed by atoms with Crippen LogP contribution in [0.2, 0.25) is 0 Å². The highest BCUT2D eigenvalue weighted by Crippen LogP contribution is 2.21. The van der Waals surface area contributed by atoms with Gasteiger partial charge in [-0.25, -0.2) is 0 Å². The summed E-state index contributed by atoms with van der Waals surface area (Å²) in [5.41, 5.74) is 1.09. The van der Waals surface area contributed by atoms with E-state index in [4.69, 9.17) is 0 Å². The van der Waals surface area contributed by atoms with Crippen molar-refractivity contribution in [2.45, 2.75) is 51.2 Å². The van der Waals surface area contributed by atoms with E-state index in [1.165, 1.54) is 12.8 Å². The zero-order valence-corrected chi connectivity index (χ0v) is 10.0. The van der Waals surface area contributed by atoms with E-state index in [-0.39, 0.29) is 0 Å². The third-order valence-corrected chi connectivity index (χ3v) is 4.05. The van der Waals surface area contributed by atoms with Crippen LogP contribution in [0, 0.1) is 0 Å². The van der Waals surface area contributed by atoms with E-state index in [1.807, 2.05) is 0 Å². The van der Waals surface area contributed by atoms with Crippen LogP contribution in [0.25, 0.3) is 0 Å². The van der Waals surface area contributed by atoms with Gasteiger partial charge in [0.05, 0.1) is 5.75 Å². The highest BCUT2D eigenvalue weighted by molar-refractivity contribution is 8.00. The molecule has 0 fully saturated rings. The van der Waals surface area contributed by atoms with Crippen molar-refractivity contribution in [2.75, 3.05) is 5.75 Å². The maximum Gasteiger partial charge on any atom is 0.168 e. The largest absolute Gasteiger partial charge is 0.294 e. The predicted molar refractivity (Wildman–Crippen MR) is 63.8 cm³/mol. The monoisotopic (exact) mass is 212 g/mol. The molecule has 1 aliphatic rings. The van der Waals surface area contributed by atoms with Gasteiger partial charge in [-0.3, -0.25) is 4.79 Å². The first-order valence-electron chi connectivity index (χ1n) is 5.58. The van der Waals surface area contributed by atoms with Gasteiger partial charge in [0.15, 0.2) is 5.78 Å². The summed E-state index contributed by atoms with van der Waals surface area (Å²) < 4.78 is 0. The Morgan fingerprint density at radius 2 is 2.36 bits per heavy atom. The molecule has 2 heteroatoms. The number of carbonyl (C=O) groups is 1. The summed E-state index contributed by atoms with van der Waals surface area (Å²) in [6.07, 6.45) is 7.87. The van der Waals surface area contributed by atoms with Crippen molar-refractivity contribution in [3.63, 3.8) is 0 Å². The van der Waals surface area contributed by atoms with Crippen LogP contribution in [0.5, 0.6) is 0 Å². The molecule has 0 heterocycles. The van der Waals surface area contributed by atoms with E-state index >= 15 is 0 Å². The second-order valence-corrected chi connectivity index (χ2v) is 5.35. The minimum Gasteiger partial charge on any atom is -0.294 e. The van der Waals surface area contributed by atoms with Gasteiger partial charge in [-0.15, -0.1) is 0 Å². The lowest BCUT2D eigenvalue weighted by atomic mass is 9.97. The molecule has 0 amide bonds. The molecule has 80 valence electrons. The maximum atomic E-state index is 11.7. The third kappa shape index (κ3) is 3.87. The van der Waals surface area contributed by atoms with E-state index in [0.717, 1.165) is 24.8 Å². The summed E-state index contributed by atoms with van der Waals surface area (Å²) in [6, 6.07) is 0. The van der Waals surface area contributed by atoms with Crippen LogP contribution in [-0.4, -0.2) is 16.8 Å². The van der Waals surface area contributed by atoms with E-state index in [1.54, 1.807) is 11.8 Å². The lowest BCUT2D eigenvalue weighted by Crippen LogP contribution is -2.10. The summed E-state index contributed by atoms with van der Waals surface area (Å²) in [6.45, 7) is 4.36. The Labute approximate surface area is 91.3 Å². The van der Waals surface area contributed by atoms with Gasteiger partial charge in [-0.1, -0.05) is 19.9 Å². The fourth-order valence-electron chi connectivity index (χ4n) is 1.52. The van der Waals surface area contributed by atoms with Crippen LogP contribution < -0.4 is 0 Å². The first-order valence-corrected chi connectivity index (χ1v) is 6.62. The van der Waals surface area contributed by atoms with Gasteiger partial charge in [-0.2, -0.15) is 11.8 Å². The number of thioether (sulfide) groups is 1. The predicted octanol–water partition coefficient (Wildman–Crippen LogP) is 3.59. The van der Waals surface area contributed by atoms with Gasteiger partial charge in [0.25, 0.3) is 0 Å². The smallest absolute Gasteiger partial charge is 0.168 e. The van der Waals surface area contributed by atoms with Crippen LogP contribution in [0.15, 0.2) is 11.6 Å². The van der Waals surface area contributed by atoms with Crippen LogP contribution in [-0.2, 0) is 4.79 Å². The lowest BCUT2D eigenvalue weighted by Gasteiger charge is -2.12. The van der Waals surface area contributed by atoms with Crippen LogP contribution in [0.1, 0.15) is 46.0 Å². The van der Waals surface area contributed by atoms with E-state index in [9.17, 15) is 4.79 Å². The first kappa shape index (κ1) is 11.8. The number of Topliss-reactive ketones (excluding diaryl/α,β-unsaturated/α-hetero) is 1. The Balaban J connectivity index is 2.30. The van der Waals surface area contributed by atoms with Crippen LogP contribution in [0.4, 0.5) is 0 Å². The van der Waals surface area contributed by atoms with Gasteiger partial charge in [-0.05, 0) is 37.7 Å². The number of hydrogen-bond acceptors (Lipinski definition) is 2. The molecular weight excluding hydrogens is 192 g/mol. The highest BCUT2D eigenvalue weighted by Gasteiger charge is 2.13. The molecule has 1 rings (SSSR count). The van der Waals surface area contributed by atoms with Gasteiger partial charge in [0.1, 0.15) is 0 Å². The Morgan fingerprint density at radius 3 is 2.93 bits per heavy atom. The molecule has 0 aromatic rings.